The van der Waals surface area contributed by atoms with Gasteiger partial charge in [0.05, 0.1) is 16.3 Å². The van der Waals surface area contributed by atoms with E-state index in [0.717, 1.165) is 0 Å². The molecular formula is C10H13BrN2O3S. The van der Waals surface area contributed by atoms with Gasteiger partial charge in [-0.05, 0) is 18.2 Å². The van der Waals surface area contributed by atoms with Crippen LogP contribution < -0.4 is 11.1 Å². The number of hydrogen-bond donors (Lipinski definition) is 2. The maximum atomic E-state index is 11.9. The van der Waals surface area contributed by atoms with Gasteiger partial charge in [0, 0.05) is 17.9 Å². The molecule has 0 heterocycles. The van der Waals surface area contributed by atoms with Gasteiger partial charge in [-0.2, -0.15) is 0 Å². The molecule has 1 aromatic carbocycles. The van der Waals surface area contributed by atoms with Crippen molar-refractivity contribution < 1.29 is 13.2 Å². The van der Waals surface area contributed by atoms with Crippen molar-refractivity contribution in [3.8, 4) is 0 Å². The number of nitrogens with one attached hydrogen (secondary N) is 1. The normalized spacial score (nSPS) is 11.2. The lowest BCUT2D eigenvalue weighted by atomic mass is 10.3. The van der Waals surface area contributed by atoms with Crippen LogP contribution in [0.4, 0.5) is 5.69 Å². The Morgan fingerprint density at radius 1 is 1.47 bits per heavy atom. The Morgan fingerprint density at radius 3 is 2.65 bits per heavy atom. The number of carbonyl (C=O) groups is 1. The zero-order chi connectivity index (χ0) is 13.1. The Hall–Kier alpha value is -1.08. The molecule has 94 valence electrons. The van der Waals surface area contributed by atoms with Crippen LogP contribution in [0.25, 0.3) is 0 Å². The van der Waals surface area contributed by atoms with Gasteiger partial charge in [0.25, 0.3) is 0 Å². The van der Waals surface area contributed by atoms with Crippen molar-refractivity contribution >= 4 is 37.4 Å². The number of halogens is 1. The number of nitrogens with two attached hydrogens (primary N) is 1. The SMILES string of the molecule is CNC(=O)CCS(=O)(=O)c1ccc(Br)cc1N. The smallest absolute Gasteiger partial charge is 0.220 e. The Morgan fingerprint density at radius 2 is 2.12 bits per heavy atom. The molecule has 7 heteroatoms. The van der Waals surface area contributed by atoms with Gasteiger partial charge in [-0.15, -0.1) is 0 Å². The van der Waals surface area contributed by atoms with E-state index >= 15 is 0 Å². The zero-order valence-corrected chi connectivity index (χ0v) is 11.6. The minimum atomic E-state index is -3.52. The monoisotopic (exact) mass is 320 g/mol. The predicted octanol–water partition coefficient (Wildman–Crippen LogP) is 0.941. The van der Waals surface area contributed by atoms with Crippen LogP contribution in [0.1, 0.15) is 6.42 Å². The highest BCUT2D eigenvalue weighted by Crippen LogP contribution is 2.24. The number of nitrogen functional groups attached to an aromatic ring is 1. The molecule has 1 amide bonds. The first-order chi connectivity index (χ1) is 7.86. The minimum Gasteiger partial charge on any atom is -0.398 e. The molecule has 3 N–H and O–H groups in total. The highest BCUT2D eigenvalue weighted by atomic mass is 79.9. The molecular weight excluding hydrogens is 308 g/mol. The topological polar surface area (TPSA) is 89.3 Å². The van der Waals surface area contributed by atoms with Crippen LogP contribution in [0.2, 0.25) is 0 Å². The highest BCUT2D eigenvalue weighted by Gasteiger charge is 2.18. The van der Waals surface area contributed by atoms with E-state index < -0.39 is 9.84 Å². The molecule has 0 radical (unpaired) electrons. The first kappa shape index (κ1) is 14.0. The van der Waals surface area contributed by atoms with E-state index in [-0.39, 0.29) is 28.7 Å². The number of carbonyl (C=O) groups excluding carboxylic acids is 1. The fraction of sp³-hybridized carbons (Fsp3) is 0.300. The van der Waals surface area contributed by atoms with E-state index in [2.05, 4.69) is 21.2 Å². The molecule has 1 aromatic rings. The molecule has 5 nitrogen and oxygen atoms in total. The van der Waals surface area contributed by atoms with Crippen LogP contribution in [-0.4, -0.2) is 27.1 Å². The van der Waals surface area contributed by atoms with Gasteiger partial charge in [0.1, 0.15) is 0 Å². The Labute approximate surface area is 108 Å². The van der Waals surface area contributed by atoms with Crippen LogP contribution in [0.5, 0.6) is 0 Å². The van der Waals surface area contributed by atoms with Crippen molar-refractivity contribution in [2.75, 3.05) is 18.5 Å². The molecule has 0 aliphatic heterocycles. The molecule has 0 aromatic heterocycles. The molecule has 0 bridgehead atoms. The molecule has 1 rings (SSSR count). The molecule has 0 atom stereocenters. The lowest BCUT2D eigenvalue weighted by Crippen LogP contribution is -2.21. The van der Waals surface area contributed by atoms with Gasteiger partial charge in [-0.1, -0.05) is 15.9 Å². The summed E-state index contributed by atoms with van der Waals surface area (Å²) in [7, 11) is -2.06. The van der Waals surface area contributed by atoms with Crippen molar-refractivity contribution in [1.29, 1.82) is 0 Å². The average molecular weight is 321 g/mol. The maximum Gasteiger partial charge on any atom is 0.220 e. The summed E-state index contributed by atoms with van der Waals surface area (Å²) in [6, 6.07) is 4.55. The third kappa shape index (κ3) is 3.71. The van der Waals surface area contributed by atoms with Crippen LogP contribution >= 0.6 is 15.9 Å². The molecule has 17 heavy (non-hydrogen) atoms. The van der Waals surface area contributed by atoms with Crippen LogP contribution in [0.3, 0.4) is 0 Å². The second-order valence-corrected chi connectivity index (χ2v) is 6.42. The highest BCUT2D eigenvalue weighted by molar-refractivity contribution is 9.10. The first-order valence-corrected chi connectivity index (χ1v) is 7.29. The quantitative estimate of drug-likeness (QED) is 0.808. The fourth-order valence-electron chi connectivity index (χ4n) is 1.26. The molecule has 0 aliphatic carbocycles. The van der Waals surface area contributed by atoms with Gasteiger partial charge >= 0.3 is 0 Å². The third-order valence-corrected chi connectivity index (χ3v) is 4.46. The number of hydrogen-bond acceptors (Lipinski definition) is 4. The lowest BCUT2D eigenvalue weighted by molar-refractivity contribution is -0.120. The van der Waals surface area contributed by atoms with Crippen LogP contribution in [-0.2, 0) is 14.6 Å². The Kier molecular flexibility index (Phi) is 4.53. The van der Waals surface area contributed by atoms with Gasteiger partial charge in [0.2, 0.25) is 5.91 Å². The van der Waals surface area contributed by atoms with E-state index in [1.54, 1.807) is 6.07 Å². The van der Waals surface area contributed by atoms with Crippen molar-refractivity contribution in [1.82, 2.24) is 5.32 Å². The van der Waals surface area contributed by atoms with E-state index in [0.29, 0.717) is 4.47 Å². The van der Waals surface area contributed by atoms with Crippen molar-refractivity contribution in [2.24, 2.45) is 0 Å². The van der Waals surface area contributed by atoms with Crippen molar-refractivity contribution in [3.05, 3.63) is 22.7 Å². The van der Waals surface area contributed by atoms with E-state index in [4.69, 9.17) is 5.73 Å². The van der Waals surface area contributed by atoms with Crippen LogP contribution in [0, 0.1) is 0 Å². The van der Waals surface area contributed by atoms with Crippen LogP contribution in [0.15, 0.2) is 27.6 Å². The maximum absolute atomic E-state index is 11.9. The average Bonchev–Trinajstić information content (AvgIpc) is 2.25. The number of amides is 1. The zero-order valence-electron chi connectivity index (χ0n) is 9.23. The number of benzene rings is 1. The summed E-state index contributed by atoms with van der Waals surface area (Å²) in [5.41, 5.74) is 5.81. The molecule has 0 fully saturated rings. The van der Waals surface area contributed by atoms with E-state index in [1.807, 2.05) is 0 Å². The second-order valence-electron chi connectivity index (χ2n) is 3.42. The molecule has 0 spiro atoms. The number of sulfone groups is 1. The Balaban J connectivity index is 2.94. The number of rotatable bonds is 4. The van der Waals surface area contributed by atoms with Gasteiger partial charge in [0.15, 0.2) is 9.84 Å². The summed E-state index contributed by atoms with van der Waals surface area (Å²) in [4.78, 5) is 11.1. The molecule has 0 unspecified atom stereocenters. The van der Waals surface area contributed by atoms with Crippen molar-refractivity contribution in [3.63, 3.8) is 0 Å². The summed E-state index contributed by atoms with van der Waals surface area (Å²) < 4.78 is 24.5. The largest absolute Gasteiger partial charge is 0.398 e. The summed E-state index contributed by atoms with van der Waals surface area (Å²) in [5, 5.41) is 2.37. The summed E-state index contributed by atoms with van der Waals surface area (Å²) in [6.07, 6.45) is -0.0751. The summed E-state index contributed by atoms with van der Waals surface area (Å²) in [5.74, 6) is -0.567. The molecule has 0 aliphatic rings. The van der Waals surface area contributed by atoms with E-state index in [9.17, 15) is 13.2 Å². The van der Waals surface area contributed by atoms with Gasteiger partial charge in [-0.3, -0.25) is 4.79 Å². The summed E-state index contributed by atoms with van der Waals surface area (Å²) in [6.45, 7) is 0. The third-order valence-electron chi connectivity index (χ3n) is 2.18. The minimum absolute atomic E-state index is 0.0598. The predicted molar refractivity (Wildman–Crippen MR) is 69.3 cm³/mol. The lowest BCUT2D eigenvalue weighted by Gasteiger charge is -2.07. The van der Waals surface area contributed by atoms with Gasteiger partial charge < -0.3 is 11.1 Å². The van der Waals surface area contributed by atoms with Gasteiger partial charge in [-0.25, -0.2) is 8.42 Å². The molecule has 0 saturated carbocycles. The first-order valence-electron chi connectivity index (χ1n) is 4.85. The molecule has 0 saturated heterocycles. The standard InChI is InChI=1S/C10H13BrN2O3S/c1-13-10(14)4-5-17(15,16)9-3-2-7(11)6-8(9)12/h2-3,6H,4-5,12H2,1H3,(H,13,14). The summed E-state index contributed by atoms with van der Waals surface area (Å²) >= 11 is 3.20. The second kappa shape index (κ2) is 5.50. The van der Waals surface area contributed by atoms with Crippen molar-refractivity contribution in [2.45, 2.75) is 11.3 Å². The van der Waals surface area contributed by atoms with E-state index in [1.165, 1.54) is 19.2 Å². The Bertz CT molecular complexity index is 528. The fourth-order valence-corrected chi connectivity index (χ4v) is 3.01. The number of anilines is 1.